The van der Waals surface area contributed by atoms with Gasteiger partial charge in [-0.15, -0.1) is 0 Å². The summed E-state index contributed by atoms with van der Waals surface area (Å²) in [7, 11) is 0. The Morgan fingerprint density at radius 1 is 0.797 bits per heavy atom. The molecule has 4 fully saturated rings. The number of ether oxygens (including phenoxy) is 6. The highest BCUT2D eigenvalue weighted by atomic mass is 79.9. The van der Waals surface area contributed by atoms with Crippen LogP contribution in [0.25, 0.3) is 0 Å². The van der Waals surface area contributed by atoms with E-state index in [-0.39, 0.29) is 42.3 Å². The summed E-state index contributed by atoms with van der Waals surface area (Å²) in [5.74, 6) is 0.856. The lowest BCUT2D eigenvalue weighted by Gasteiger charge is -2.47. The van der Waals surface area contributed by atoms with E-state index in [1.165, 1.54) is 47.8 Å². The van der Waals surface area contributed by atoms with Gasteiger partial charge in [-0.3, -0.25) is 14.9 Å². The first-order chi connectivity index (χ1) is 30.4. The van der Waals surface area contributed by atoms with Crippen LogP contribution in [0.3, 0.4) is 0 Å². The van der Waals surface area contributed by atoms with Crippen LogP contribution in [0, 0.1) is 10.1 Å². The van der Waals surface area contributed by atoms with Crippen molar-refractivity contribution in [2.75, 3.05) is 42.7 Å². The summed E-state index contributed by atoms with van der Waals surface area (Å²) in [6.07, 6.45) is -19.9. The first kappa shape index (κ1) is 53.5. The number of nitro groups is 1. The highest BCUT2D eigenvalue weighted by Crippen LogP contribution is 2.37. The summed E-state index contributed by atoms with van der Waals surface area (Å²) in [4.78, 5) is 22.4. The number of amides is 1. The lowest BCUT2D eigenvalue weighted by atomic mass is 9.87. The molecule has 0 aromatic heterocycles. The maximum Gasteiger partial charge on any atom is 0.269 e. The van der Waals surface area contributed by atoms with Crippen LogP contribution in [0.2, 0.25) is 0 Å². The molecule has 5 rings (SSSR count). The third-order valence-electron chi connectivity index (χ3n) is 11.5. The summed E-state index contributed by atoms with van der Waals surface area (Å²) in [5.41, 5.74) is 30.5. The van der Waals surface area contributed by atoms with Gasteiger partial charge in [-0.25, -0.2) is 0 Å². The van der Waals surface area contributed by atoms with Gasteiger partial charge in [-0.05, 0) is 42.0 Å². The zero-order valence-electron chi connectivity index (χ0n) is 34.6. The number of hydrogen-bond acceptors (Lipinski definition) is 24. The first-order valence-corrected chi connectivity index (χ1v) is 23.9. The Bertz CT molecular complexity index is 1630. The Morgan fingerprint density at radius 3 is 1.88 bits per heavy atom. The van der Waals surface area contributed by atoms with Gasteiger partial charge in [0, 0.05) is 41.8 Å². The van der Waals surface area contributed by atoms with Gasteiger partial charge in [0.05, 0.1) is 47.6 Å². The molecular weight excluding hydrogens is 958 g/mol. The van der Waals surface area contributed by atoms with Crippen molar-refractivity contribution >= 4 is 51.0 Å². The minimum atomic E-state index is -1.57. The molecule has 0 bridgehead atoms. The molecule has 19 N–H and O–H groups in total. The summed E-state index contributed by atoms with van der Waals surface area (Å²) in [6.45, 7) is -0.933. The second-order valence-electron chi connectivity index (χ2n) is 16.0. The van der Waals surface area contributed by atoms with Crippen molar-refractivity contribution in [3.05, 3.63) is 39.9 Å². The van der Waals surface area contributed by atoms with Gasteiger partial charge >= 0.3 is 0 Å². The molecule has 21 atom stereocenters. The van der Waals surface area contributed by atoms with E-state index >= 15 is 0 Å². The van der Waals surface area contributed by atoms with Crippen LogP contribution >= 0.6 is 39.5 Å². The fraction of sp³-hybridized carbons (Fsp3) is 0.811. The van der Waals surface area contributed by atoms with E-state index in [1.807, 2.05) is 0 Å². The second kappa shape index (κ2) is 24.7. The van der Waals surface area contributed by atoms with Crippen molar-refractivity contribution in [1.29, 1.82) is 0 Å². The van der Waals surface area contributed by atoms with Crippen molar-refractivity contribution in [2.45, 2.75) is 140 Å². The smallest absolute Gasteiger partial charge is 0.269 e. The molecule has 0 radical (unpaired) electrons. The highest BCUT2D eigenvalue weighted by molar-refractivity contribution is 9.09. The number of nitrogens with two attached hydrogens (primary N) is 5. The number of halogens is 1. The van der Waals surface area contributed by atoms with Gasteiger partial charge in [-0.1, -0.05) is 15.9 Å². The molecule has 3 saturated heterocycles. The fourth-order valence-corrected chi connectivity index (χ4v) is 10.5. The maximum absolute atomic E-state index is 12.7. The number of nitrogens with zero attached hydrogens (tertiary/aromatic N) is 1. The molecule has 4 aliphatic rings. The van der Waals surface area contributed by atoms with E-state index in [4.69, 9.17) is 57.1 Å². The highest BCUT2D eigenvalue weighted by Gasteiger charge is 2.54. The molecule has 24 nitrogen and oxygen atoms in total. The monoisotopic (exact) mass is 1020 g/mol. The van der Waals surface area contributed by atoms with Crippen LogP contribution in [0.5, 0.6) is 0 Å². The molecule has 1 unspecified atom stereocenters. The minimum Gasteiger partial charge on any atom is -0.394 e. The van der Waals surface area contributed by atoms with Crippen LogP contribution in [-0.2, 0) is 33.2 Å². The van der Waals surface area contributed by atoms with E-state index < -0.39 is 145 Å². The second-order valence-corrected chi connectivity index (χ2v) is 19.5. The summed E-state index contributed by atoms with van der Waals surface area (Å²) in [5, 5.41) is 99.2. The van der Waals surface area contributed by atoms with E-state index in [0.717, 1.165) is 0 Å². The number of aliphatic hydroxyl groups is 8. The standard InChI is InChI=1S/C37H62BrN7O17S2/c38-16-8-17(41)32(60-35-23(42)29(52)27(50)19(9-39)57-35)34(26(16)49)62-37-31(54)33(61-36-24(43)30(53)28(51)20(10-40)58-36)21(59-37)12-63-6-1-7-64-13-22(47)44-18(11-46)25(48)14-2-4-15(5-3-14)45(55)56/h2-5,16-21,23-37,46,48-54H,1,6-13,39-43H2,(H,44,47)/t16-,17+,18-,19-,20+,21-,23-,24-,25-,26+,27-,28-,29-,30-,31-,32-,33-,34-,35-,36?,37+/m1/s1. The molecular formula is C37H62BrN7O17S2. The molecule has 0 spiro atoms. The largest absolute Gasteiger partial charge is 0.394 e. The minimum absolute atomic E-state index is 0.0125. The predicted octanol–water partition coefficient (Wildman–Crippen LogP) is -5.48. The van der Waals surface area contributed by atoms with Crippen molar-refractivity contribution in [3.63, 3.8) is 0 Å². The Morgan fingerprint density at radius 2 is 1.33 bits per heavy atom. The first-order valence-electron chi connectivity index (χ1n) is 20.7. The number of carbonyl (C=O) groups is 1. The van der Waals surface area contributed by atoms with Crippen molar-refractivity contribution in [1.82, 2.24) is 5.32 Å². The third-order valence-corrected chi connectivity index (χ3v) is 14.6. The number of carbonyl (C=O) groups excluding carboxylic acids is 1. The molecule has 64 heavy (non-hydrogen) atoms. The van der Waals surface area contributed by atoms with Gasteiger partial charge in [0.15, 0.2) is 18.9 Å². The van der Waals surface area contributed by atoms with Gasteiger partial charge in [0.1, 0.15) is 67.1 Å². The Labute approximate surface area is 385 Å². The molecule has 1 aromatic carbocycles. The van der Waals surface area contributed by atoms with Gasteiger partial charge < -0.3 is 103 Å². The van der Waals surface area contributed by atoms with Crippen LogP contribution in [0.15, 0.2) is 24.3 Å². The maximum atomic E-state index is 12.7. The number of benzene rings is 1. The topological polar surface area (TPSA) is 420 Å². The van der Waals surface area contributed by atoms with Crippen molar-refractivity contribution in [3.8, 4) is 0 Å². The summed E-state index contributed by atoms with van der Waals surface area (Å²) < 4.78 is 36.4. The number of thioether (sulfide) groups is 2. The third kappa shape index (κ3) is 13.0. The Kier molecular flexibility index (Phi) is 20.6. The lowest BCUT2D eigenvalue weighted by molar-refractivity contribution is -0.384. The molecule has 3 aliphatic heterocycles. The van der Waals surface area contributed by atoms with Gasteiger partial charge in [-0.2, -0.15) is 23.5 Å². The van der Waals surface area contributed by atoms with Crippen LogP contribution < -0.4 is 34.0 Å². The summed E-state index contributed by atoms with van der Waals surface area (Å²) >= 11 is 6.16. The SMILES string of the molecule is NC[C@@H]1OC(O[C@H]2[C@@H](O)[C@H](O[C@@H]3[C@@H](O)[C@H](Br)C[C@H](N)[C@H]3O[C@H]3O[C@H](CN)[C@@H](O)[C@H](O)[C@H]3N)O[C@@H]2CSCCCSCC(=O)N[C@H](CO)[C@H](O)c2ccc([N+](=O)[O-])cc2)[C@H](N)[C@@H](O)[C@@H]1O. The van der Waals surface area contributed by atoms with Crippen LogP contribution in [-0.4, -0.2) is 216 Å². The average Bonchev–Trinajstić information content (AvgIpc) is 3.57. The number of rotatable bonds is 21. The summed E-state index contributed by atoms with van der Waals surface area (Å²) in [6, 6.07) is 0.756. The molecule has 366 valence electrons. The van der Waals surface area contributed by atoms with Crippen LogP contribution in [0.4, 0.5) is 5.69 Å². The number of nitro benzene ring substituents is 1. The lowest BCUT2D eigenvalue weighted by Crippen LogP contribution is -2.67. The average molecular weight is 1020 g/mol. The van der Waals surface area contributed by atoms with Crippen molar-refractivity contribution in [2.24, 2.45) is 28.7 Å². The zero-order chi connectivity index (χ0) is 47.0. The van der Waals surface area contributed by atoms with E-state index in [2.05, 4.69) is 21.2 Å². The van der Waals surface area contributed by atoms with Gasteiger partial charge in [0.2, 0.25) is 5.91 Å². The number of nitrogens with one attached hydrogen (secondary N) is 1. The van der Waals surface area contributed by atoms with Crippen molar-refractivity contribution < 1.29 is 79.0 Å². The Hall–Kier alpha value is -1.49. The van der Waals surface area contributed by atoms with Gasteiger partial charge in [0.25, 0.3) is 5.69 Å². The number of non-ortho nitro benzene ring substituents is 1. The molecule has 1 aliphatic carbocycles. The number of alkyl halides is 1. The molecule has 1 amide bonds. The van der Waals surface area contributed by atoms with E-state index in [1.54, 1.807) is 0 Å². The van der Waals surface area contributed by atoms with E-state index in [9.17, 15) is 55.8 Å². The Balaban J connectivity index is 1.20. The predicted molar refractivity (Wildman–Crippen MR) is 232 cm³/mol. The number of hydrogen-bond donors (Lipinski definition) is 14. The molecule has 1 saturated carbocycles. The molecule has 1 aromatic rings. The molecule has 3 heterocycles. The molecule has 27 heteroatoms. The quantitative estimate of drug-likeness (QED) is 0.0236. The fourth-order valence-electron chi connectivity index (χ4n) is 7.76. The van der Waals surface area contributed by atoms with Crippen LogP contribution in [0.1, 0.15) is 24.5 Å². The normalized spacial score (nSPS) is 40.2. The number of aliphatic hydroxyl groups excluding tert-OH is 8. The van der Waals surface area contributed by atoms with E-state index in [0.29, 0.717) is 17.9 Å². The zero-order valence-corrected chi connectivity index (χ0v) is 37.8.